The highest BCUT2D eigenvalue weighted by Crippen LogP contribution is 2.33. The number of benzene rings is 1. The molecule has 4 rings (SSSR count). The predicted molar refractivity (Wildman–Crippen MR) is 101 cm³/mol. The summed E-state index contributed by atoms with van der Waals surface area (Å²) in [5.41, 5.74) is 3.38. The highest BCUT2D eigenvalue weighted by Gasteiger charge is 2.37. The van der Waals surface area contributed by atoms with Gasteiger partial charge in [0.25, 0.3) is 0 Å². The summed E-state index contributed by atoms with van der Waals surface area (Å²) >= 11 is 1.57. The van der Waals surface area contributed by atoms with E-state index >= 15 is 0 Å². The molecule has 2 amide bonds. The van der Waals surface area contributed by atoms with Crippen molar-refractivity contribution in [1.29, 1.82) is 0 Å². The van der Waals surface area contributed by atoms with Crippen LogP contribution in [-0.2, 0) is 4.79 Å². The first-order chi connectivity index (χ1) is 12.6. The third kappa shape index (κ3) is 4.13. The van der Waals surface area contributed by atoms with Crippen LogP contribution in [0.1, 0.15) is 25.7 Å². The number of carbonyl (C=O) groups excluding carboxylic acids is 1. The van der Waals surface area contributed by atoms with Crippen molar-refractivity contribution < 1.29 is 14.7 Å². The van der Waals surface area contributed by atoms with Gasteiger partial charge in [0.15, 0.2) is 0 Å². The highest BCUT2D eigenvalue weighted by molar-refractivity contribution is 7.16. The standard InChI is InChI=1S/C18H22N4O3S/c23-17(24)9-22(8-11-1-2-11)14-5-13(6-14)21-18(25)20-12-3-4-16-15(7-12)19-10-26-16/h3-4,7,10-11,13-14H,1-2,5-6,8-9H2,(H,23,24)(H2,20,21,25). The van der Waals surface area contributed by atoms with E-state index in [1.54, 1.807) is 16.8 Å². The normalized spacial score (nSPS) is 22.2. The Morgan fingerprint density at radius 3 is 2.85 bits per heavy atom. The van der Waals surface area contributed by atoms with Gasteiger partial charge in [-0.25, -0.2) is 9.78 Å². The van der Waals surface area contributed by atoms with Gasteiger partial charge < -0.3 is 15.7 Å². The number of carbonyl (C=O) groups is 2. The van der Waals surface area contributed by atoms with E-state index in [1.807, 2.05) is 18.2 Å². The van der Waals surface area contributed by atoms with Gasteiger partial charge in [0.2, 0.25) is 0 Å². The van der Waals surface area contributed by atoms with Crippen molar-refractivity contribution in [2.45, 2.75) is 37.8 Å². The summed E-state index contributed by atoms with van der Waals surface area (Å²) in [5, 5.41) is 14.9. The van der Waals surface area contributed by atoms with Crippen LogP contribution in [-0.4, -0.2) is 52.2 Å². The first kappa shape index (κ1) is 17.2. The second kappa shape index (κ2) is 7.20. The van der Waals surface area contributed by atoms with Gasteiger partial charge in [0.1, 0.15) is 0 Å². The fourth-order valence-electron chi connectivity index (χ4n) is 3.44. The highest BCUT2D eigenvalue weighted by atomic mass is 32.1. The maximum Gasteiger partial charge on any atom is 0.319 e. The minimum Gasteiger partial charge on any atom is -0.480 e. The van der Waals surface area contributed by atoms with E-state index in [-0.39, 0.29) is 24.7 Å². The number of nitrogens with zero attached hydrogens (tertiary/aromatic N) is 2. The molecule has 1 aromatic heterocycles. The topological polar surface area (TPSA) is 94.6 Å². The molecule has 3 N–H and O–H groups in total. The molecule has 0 saturated heterocycles. The summed E-state index contributed by atoms with van der Waals surface area (Å²) in [6.45, 7) is 0.956. The van der Waals surface area contributed by atoms with E-state index in [0.29, 0.717) is 5.92 Å². The number of anilines is 1. The van der Waals surface area contributed by atoms with Crippen LogP contribution in [0.15, 0.2) is 23.7 Å². The Morgan fingerprint density at radius 1 is 1.31 bits per heavy atom. The molecule has 8 heteroatoms. The van der Waals surface area contributed by atoms with E-state index in [9.17, 15) is 9.59 Å². The maximum atomic E-state index is 12.2. The van der Waals surface area contributed by atoms with Crippen LogP contribution in [0, 0.1) is 5.92 Å². The summed E-state index contributed by atoms with van der Waals surface area (Å²) in [4.78, 5) is 29.6. The van der Waals surface area contributed by atoms with Gasteiger partial charge in [-0.2, -0.15) is 0 Å². The number of aliphatic carboxylic acids is 1. The van der Waals surface area contributed by atoms with Gasteiger partial charge in [-0.3, -0.25) is 9.69 Å². The number of thiazole rings is 1. The first-order valence-electron chi connectivity index (χ1n) is 8.93. The van der Waals surface area contributed by atoms with Crippen molar-refractivity contribution in [3.8, 4) is 0 Å². The van der Waals surface area contributed by atoms with Crippen molar-refractivity contribution in [2.75, 3.05) is 18.4 Å². The van der Waals surface area contributed by atoms with E-state index in [0.717, 1.165) is 35.3 Å². The molecule has 1 heterocycles. The predicted octanol–water partition coefficient (Wildman–Crippen LogP) is 2.75. The fourth-order valence-corrected chi connectivity index (χ4v) is 4.10. The minimum absolute atomic E-state index is 0.0910. The third-order valence-corrected chi connectivity index (χ3v) is 5.89. The largest absolute Gasteiger partial charge is 0.480 e. The lowest BCUT2D eigenvalue weighted by molar-refractivity contribution is -0.139. The molecule has 1 aromatic carbocycles. The van der Waals surface area contributed by atoms with Crippen LogP contribution < -0.4 is 10.6 Å². The molecule has 7 nitrogen and oxygen atoms in total. The Balaban J connectivity index is 1.25. The van der Waals surface area contributed by atoms with Crippen LogP contribution in [0.25, 0.3) is 10.2 Å². The number of hydrogen-bond donors (Lipinski definition) is 3. The number of carboxylic acid groups (broad SMARTS) is 1. The fraction of sp³-hybridized carbons (Fsp3) is 0.500. The molecule has 138 valence electrons. The van der Waals surface area contributed by atoms with Crippen molar-refractivity contribution in [3.63, 3.8) is 0 Å². The van der Waals surface area contributed by atoms with Crippen molar-refractivity contribution in [3.05, 3.63) is 23.7 Å². The van der Waals surface area contributed by atoms with Crippen LogP contribution in [0.2, 0.25) is 0 Å². The zero-order valence-electron chi connectivity index (χ0n) is 14.4. The molecule has 0 radical (unpaired) electrons. The number of urea groups is 1. The summed E-state index contributed by atoms with van der Waals surface area (Å²) in [7, 11) is 0. The molecule has 0 unspecified atom stereocenters. The van der Waals surface area contributed by atoms with Crippen molar-refractivity contribution >= 4 is 39.2 Å². The molecular weight excluding hydrogens is 352 g/mol. The van der Waals surface area contributed by atoms with Crippen molar-refractivity contribution in [2.24, 2.45) is 5.92 Å². The molecule has 26 heavy (non-hydrogen) atoms. The second-order valence-electron chi connectivity index (χ2n) is 7.22. The molecule has 2 aliphatic rings. The number of rotatable bonds is 7. The molecule has 0 aliphatic heterocycles. The molecule has 0 bridgehead atoms. The van der Waals surface area contributed by atoms with Crippen LogP contribution in [0.3, 0.4) is 0 Å². The van der Waals surface area contributed by atoms with Gasteiger partial charge in [-0.05, 0) is 49.8 Å². The first-order valence-corrected chi connectivity index (χ1v) is 9.81. The molecular formula is C18H22N4O3S. The van der Waals surface area contributed by atoms with Crippen LogP contribution >= 0.6 is 11.3 Å². The number of aromatic nitrogens is 1. The van der Waals surface area contributed by atoms with E-state index < -0.39 is 5.97 Å². The molecule has 0 spiro atoms. The van der Waals surface area contributed by atoms with Gasteiger partial charge in [0.05, 0.1) is 22.3 Å². The van der Waals surface area contributed by atoms with Gasteiger partial charge >= 0.3 is 12.0 Å². The third-order valence-electron chi connectivity index (χ3n) is 5.08. The van der Waals surface area contributed by atoms with E-state index in [1.165, 1.54) is 12.8 Å². The summed E-state index contributed by atoms with van der Waals surface area (Å²) in [5.74, 6) is -0.123. The lowest BCUT2D eigenvalue weighted by atomic mass is 9.85. The van der Waals surface area contributed by atoms with Crippen LogP contribution in [0.5, 0.6) is 0 Å². The zero-order chi connectivity index (χ0) is 18.1. The minimum atomic E-state index is -0.780. The van der Waals surface area contributed by atoms with E-state index in [4.69, 9.17) is 5.11 Å². The number of hydrogen-bond acceptors (Lipinski definition) is 5. The Bertz CT molecular complexity index is 814. The summed E-state index contributed by atoms with van der Waals surface area (Å²) < 4.78 is 1.09. The molecule has 2 saturated carbocycles. The Kier molecular flexibility index (Phi) is 4.78. The average Bonchev–Trinajstić information content (AvgIpc) is 3.23. The SMILES string of the molecule is O=C(O)CN(CC1CC1)C1CC(NC(=O)Nc2ccc3scnc3c2)C1. The number of carboxylic acids is 1. The Hall–Kier alpha value is -2.19. The molecule has 2 fully saturated rings. The second-order valence-corrected chi connectivity index (χ2v) is 8.11. The van der Waals surface area contributed by atoms with Gasteiger partial charge in [0, 0.05) is 24.3 Å². The number of amides is 2. The molecule has 2 aliphatic carbocycles. The number of fused-ring (bicyclic) bond motifs is 1. The lowest BCUT2D eigenvalue weighted by Gasteiger charge is -2.42. The maximum absolute atomic E-state index is 12.2. The lowest BCUT2D eigenvalue weighted by Crippen LogP contribution is -2.55. The summed E-state index contributed by atoms with van der Waals surface area (Å²) in [6.07, 6.45) is 4.02. The molecule has 2 aromatic rings. The smallest absolute Gasteiger partial charge is 0.319 e. The number of nitrogens with one attached hydrogen (secondary N) is 2. The Morgan fingerprint density at radius 2 is 2.12 bits per heavy atom. The van der Waals surface area contributed by atoms with Crippen LogP contribution in [0.4, 0.5) is 10.5 Å². The average molecular weight is 374 g/mol. The van der Waals surface area contributed by atoms with Gasteiger partial charge in [-0.15, -0.1) is 11.3 Å². The van der Waals surface area contributed by atoms with Crippen molar-refractivity contribution in [1.82, 2.24) is 15.2 Å². The van der Waals surface area contributed by atoms with E-state index in [2.05, 4.69) is 20.5 Å². The molecule has 0 atom stereocenters. The Labute approximate surface area is 155 Å². The quantitative estimate of drug-likeness (QED) is 0.693. The zero-order valence-corrected chi connectivity index (χ0v) is 15.2. The van der Waals surface area contributed by atoms with Gasteiger partial charge in [-0.1, -0.05) is 0 Å². The summed E-state index contributed by atoms with van der Waals surface area (Å²) in [6, 6.07) is 5.80. The monoisotopic (exact) mass is 374 g/mol.